The minimum atomic E-state index is 0.0366. The maximum atomic E-state index is 11.4. The first kappa shape index (κ1) is 13.4. The van der Waals surface area contributed by atoms with Gasteiger partial charge in [-0.15, -0.1) is 0 Å². The van der Waals surface area contributed by atoms with Gasteiger partial charge < -0.3 is 15.4 Å². The van der Waals surface area contributed by atoms with Crippen LogP contribution in [0, 0.1) is 0 Å². The first-order valence-electron chi connectivity index (χ1n) is 5.24. The van der Waals surface area contributed by atoms with Crippen molar-refractivity contribution in [2.45, 2.75) is 26.2 Å². The van der Waals surface area contributed by atoms with Crippen LogP contribution in [0.5, 0.6) is 0 Å². The second kappa shape index (κ2) is 8.97. The smallest absolute Gasteiger partial charge is 0.248 e. The van der Waals surface area contributed by atoms with Crippen molar-refractivity contribution in [2.75, 3.05) is 33.4 Å². The third kappa shape index (κ3) is 6.86. The summed E-state index contributed by atoms with van der Waals surface area (Å²) < 4.78 is 5.06. The van der Waals surface area contributed by atoms with E-state index in [4.69, 9.17) is 10.5 Å². The standard InChI is InChI=1S/C10H22N2O2/c1-3-4-5-7-12(2)10(13)9-14-8-6-11/h3-9,11H2,1-2H3. The summed E-state index contributed by atoms with van der Waals surface area (Å²) in [5.74, 6) is 0.0366. The van der Waals surface area contributed by atoms with Crippen LogP contribution in [0.15, 0.2) is 0 Å². The number of rotatable bonds is 8. The van der Waals surface area contributed by atoms with Crippen LogP contribution >= 0.6 is 0 Å². The van der Waals surface area contributed by atoms with Gasteiger partial charge in [-0.2, -0.15) is 0 Å². The Hall–Kier alpha value is -0.610. The van der Waals surface area contributed by atoms with Gasteiger partial charge in [0.15, 0.2) is 0 Å². The molecule has 0 aliphatic rings. The summed E-state index contributed by atoms with van der Waals surface area (Å²) in [5, 5.41) is 0. The molecule has 1 amide bonds. The molecule has 4 nitrogen and oxygen atoms in total. The number of ether oxygens (including phenoxy) is 1. The molecule has 0 radical (unpaired) electrons. The quantitative estimate of drug-likeness (QED) is 0.587. The van der Waals surface area contributed by atoms with Crippen molar-refractivity contribution in [1.82, 2.24) is 4.90 Å². The van der Waals surface area contributed by atoms with Crippen LogP contribution in [-0.4, -0.2) is 44.2 Å². The fraction of sp³-hybridized carbons (Fsp3) is 0.900. The number of carbonyl (C=O) groups excluding carboxylic acids is 1. The number of likely N-dealkylation sites (N-methyl/N-ethyl adjacent to an activating group) is 1. The maximum Gasteiger partial charge on any atom is 0.248 e. The van der Waals surface area contributed by atoms with E-state index in [1.165, 1.54) is 12.8 Å². The lowest BCUT2D eigenvalue weighted by atomic mass is 10.2. The van der Waals surface area contributed by atoms with E-state index in [0.717, 1.165) is 13.0 Å². The molecule has 0 fully saturated rings. The fourth-order valence-electron chi connectivity index (χ4n) is 1.08. The largest absolute Gasteiger partial charge is 0.370 e. The van der Waals surface area contributed by atoms with Gasteiger partial charge in [-0.25, -0.2) is 0 Å². The van der Waals surface area contributed by atoms with Crippen molar-refractivity contribution in [1.29, 1.82) is 0 Å². The molecule has 0 spiro atoms. The monoisotopic (exact) mass is 202 g/mol. The highest BCUT2D eigenvalue weighted by atomic mass is 16.5. The Labute approximate surface area is 86.4 Å². The van der Waals surface area contributed by atoms with Gasteiger partial charge >= 0.3 is 0 Å². The lowest BCUT2D eigenvalue weighted by molar-refractivity contribution is -0.134. The minimum Gasteiger partial charge on any atom is -0.370 e. The van der Waals surface area contributed by atoms with Crippen molar-refractivity contribution >= 4 is 5.91 Å². The molecule has 0 aromatic rings. The van der Waals surface area contributed by atoms with Crippen molar-refractivity contribution in [2.24, 2.45) is 5.73 Å². The first-order chi connectivity index (χ1) is 6.72. The van der Waals surface area contributed by atoms with Crippen LogP contribution < -0.4 is 5.73 Å². The van der Waals surface area contributed by atoms with Gasteiger partial charge in [0.05, 0.1) is 6.61 Å². The summed E-state index contributed by atoms with van der Waals surface area (Å²) in [6.45, 7) is 4.03. The summed E-state index contributed by atoms with van der Waals surface area (Å²) in [6, 6.07) is 0. The molecule has 0 saturated heterocycles. The van der Waals surface area contributed by atoms with Gasteiger partial charge in [0.1, 0.15) is 6.61 Å². The van der Waals surface area contributed by atoms with Crippen LogP contribution in [0.25, 0.3) is 0 Å². The normalized spacial score (nSPS) is 10.2. The molecule has 0 atom stereocenters. The summed E-state index contributed by atoms with van der Waals surface area (Å²) in [4.78, 5) is 13.1. The van der Waals surface area contributed by atoms with E-state index in [-0.39, 0.29) is 12.5 Å². The summed E-state index contributed by atoms with van der Waals surface area (Å²) >= 11 is 0. The summed E-state index contributed by atoms with van der Waals surface area (Å²) in [6.07, 6.45) is 3.41. The average Bonchev–Trinajstić information content (AvgIpc) is 2.18. The highest BCUT2D eigenvalue weighted by molar-refractivity contribution is 5.77. The molecule has 0 saturated carbocycles. The van der Waals surface area contributed by atoms with Crippen molar-refractivity contribution in [3.63, 3.8) is 0 Å². The van der Waals surface area contributed by atoms with Gasteiger partial charge in [-0.3, -0.25) is 4.79 Å². The Morgan fingerprint density at radius 3 is 2.71 bits per heavy atom. The summed E-state index contributed by atoms with van der Waals surface area (Å²) in [7, 11) is 1.81. The first-order valence-corrected chi connectivity index (χ1v) is 5.24. The summed E-state index contributed by atoms with van der Waals surface area (Å²) in [5.41, 5.74) is 5.24. The van der Waals surface area contributed by atoms with E-state index in [1.807, 2.05) is 7.05 Å². The number of hydrogen-bond donors (Lipinski definition) is 1. The maximum absolute atomic E-state index is 11.4. The van der Waals surface area contributed by atoms with E-state index >= 15 is 0 Å². The topological polar surface area (TPSA) is 55.6 Å². The zero-order valence-electron chi connectivity index (χ0n) is 9.29. The highest BCUT2D eigenvalue weighted by Crippen LogP contribution is 1.96. The Morgan fingerprint density at radius 2 is 2.14 bits per heavy atom. The molecule has 4 heteroatoms. The number of nitrogens with zero attached hydrogens (tertiary/aromatic N) is 1. The van der Waals surface area contributed by atoms with Gasteiger partial charge in [0.2, 0.25) is 5.91 Å². The zero-order valence-corrected chi connectivity index (χ0v) is 9.29. The van der Waals surface area contributed by atoms with Crippen molar-refractivity contribution in [3.05, 3.63) is 0 Å². The van der Waals surface area contributed by atoms with Crippen molar-refractivity contribution < 1.29 is 9.53 Å². The van der Waals surface area contributed by atoms with E-state index in [9.17, 15) is 4.79 Å². The average molecular weight is 202 g/mol. The van der Waals surface area contributed by atoms with Gasteiger partial charge in [0, 0.05) is 20.1 Å². The third-order valence-corrected chi connectivity index (χ3v) is 2.01. The van der Waals surface area contributed by atoms with Crippen LogP contribution in [0.1, 0.15) is 26.2 Å². The third-order valence-electron chi connectivity index (χ3n) is 2.01. The fourth-order valence-corrected chi connectivity index (χ4v) is 1.08. The highest BCUT2D eigenvalue weighted by Gasteiger charge is 2.07. The Morgan fingerprint density at radius 1 is 1.43 bits per heavy atom. The molecule has 0 bridgehead atoms. The van der Waals surface area contributed by atoms with Crippen molar-refractivity contribution in [3.8, 4) is 0 Å². The second-order valence-electron chi connectivity index (χ2n) is 3.36. The molecule has 0 heterocycles. The van der Waals surface area contributed by atoms with Crippen LogP contribution in [0.4, 0.5) is 0 Å². The van der Waals surface area contributed by atoms with Gasteiger partial charge in [-0.1, -0.05) is 19.8 Å². The molecule has 0 aliphatic carbocycles. The molecule has 14 heavy (non-hydrogen) atoms. The van der Waals surface area contributed by atoms with Gasteiger partial charge in [-0.05, 0) is 6.42 Å². The molecule has 0 aliphatic heterocycles. The molecule has 0 aromatic heterocycles. The molecular formula is C10H22N2O2. The van der Waals surface area contributed by atoms with E-state index in [1.54, 1.807) is 4.90 Å². The lowest BCUT2D eigenvalue weighted by Crippen LogP contribution is -2.31. The molecule has 0 unspecified atom stereocenters. The number of carbonyl (C=O) groups is 1. The molecule has 84 valence electrons. The second-order valence-corrected chi connectivity index (χ2v) is 3.36. The minimum absolute atomic E-state index is 0.0366. The predicted octanol–water partition coefficient (Wildman–Crippen LogP) is 0.610. The van der Waals surface area contributed by atoms with E-state index in [2.05, 4.69) is 6.92 Å². The number of unbranched alkanes of at least 4 members (excludes halogenated alkanes) is 2. The molecular weight excluding hydrogens is 180 g/mol. The van der Waals surface area contributed by atoms with Gasteiger partial charge in [0.25, 0.3) is 0 Å². The van der Waals surface area contributed by atoms with E-state index < -0.39 is 0 Å². The van der Waals surface area contributed by atoms with E-state index in [0.29, 0.717) is 13.2 Å². The number of nitrogens with two attached hydrogens (primary N) is 1. The van der Waals surface area contributed by atoms with Crippen LogP contribution in [-0.2, 0) is 9.53 Å². The lowest BCUT2D eigenvalue weighted by Gasteiger charge is -2.16. The Kier molecular flexibility index (Phi) is 8.57. The molecule has 0 aromatic carbocycles. The van der Waals surface area contributed by atoms with Crippen LogP contribution in [0.3, 0.4) is 0 Å². The SMILES string of the molecule is CCCCCN(C)C(=O)COCCN. The Balaban J connectivity index is 3.44. The molecule has 0 rings (SSSR count). The molecule has 2 N–H and O–H groups in total. The Bertz CT molecular complexity index is 151. The zero-order chi connectivity index (χ0) is 10.8. The number of amides is 1. The predicted molar refractivity (Wildman–Crippen MR) is 57.0 cm³/mol. The van der Waals surface area contributed by atoms with Crippen LogP contribution in [0.2, 0.25) is 0 Å². The number of hydrogen-bond acceptors (Lipinski definition) is 3.